The van der Waals surface area contributed by atoms with E-state index in [1.165, 1.54) is 15.9 Å². The van der Waals surface area contributed by atoms with Crippen LogP contribution in [0, 0.1) is 0 Å². The zero-order valence-corrected chi connectivity index (χ0v) is 16.3. The first-order valence-electron chi connectivity index (χ1n) is 8.64. The molecule has 0 heterocycles. The monoisotopic (exact) mass is 386 g/mol. The SMILES string of the molecule is OOOSCCC[PH](c1ccccc1)(c1ccccc1)c1ccccc1. The van der Waals surface area contributed by atoms with Crippen molar-refractivity contribution in [2.45, 2.75) is 6.42 Å². The summed E-state index contributed by atoms with van der Waals surface area (Å²) in [5, 5.41) is 16.2. The van der Waals surface area contributed by atoms with Gasteiger partial charge in [-0.15, -0.1) is 0 Å². The second-order valence-electron chi connectivity index (χ2n) is 6.07. The summed E-state index contributed by atoms with van der Waals surface area (Å²) >= 11 is 1.13. The summed E-state index contributed by atoms with van der Waals surface area (Å²) in [6, 6.07) is 32.5. The molecular weight excluding hydrogens is 363 g/mol. The average molecular weight is 386 g/mol. The van der Waals surface area contributed by atoms with Gasteiger partial charge >= 0.3 is 159 Å². The van der Waals surface area contributed by atoms with Crippen molar-refractivity contribution in [3.63, 3.8) is 0 Å². The van der Waals surface area contributed by atoms with Crippen LogP contribution in [0.2, 0.25) is 0 Å². The second-order valence-corrected chi connectivity index (χ2v) is 10.9. The molecule has 0 radical (unpaired) electrons. The minimum absolute atomic E-state index is 0.752. The van der Waals surface area contributed by atoms with Crippen LogP contribution in [0.4, 0.5) is 0 Å². The van der Waals surface area contributed by atoms with Crippen molar-refractivity contribution < 1.29 is 14.6 Å². The Kier molecular flexibility index (Phi) is 7.24. The van der Waals surface area contributed by atoms with Gasteiger partial charge in [0.1, 0.15) is 0 Å². The van der Waals surface area contributed by atoms with Gasteiger partial charge in [-0.3, -0.25) is 0 Å². The van der Waals surface area contributed by atoms with Crippen LogP contribution in [-0.2, 0) is 9.37 Å². The summed E-state index contributed by atoms with van der Waals surface area (Å²) in [4.78, 5) is 0. The van der Waals surface area contributed by atoms with E-state index in [9.17, 15) is 0 Å². The van der Waals surface area contributed by atoms with E-state index in [1.54, 1.807) is 0 Å². The molecule has 0 saturated heterocycles. The first-order chi connectivity index (χ1) is 12.9. The van der Waals surface area contributed by atoms with E-state index in [-0.39, 0.29) is 0 Å². The van der Waals surface area contributed by atoms with Crippen LogP contribution in [0.3, 0.4) is 0 Å². The fourth-order valence-corrected chi connectivity index (χ4v) is 9.04. The molecule has 5 heteroatoms. The molecule has 136 valence electrons. The molecule has 0 spiro atoms. The molecule has 0 saturated carbocycles. The third-order valence-corrected chi connectivity index (χ3v) is 10.3. The van der Waals surface area contributed by atoms with Crippen molar-refractivity contribution in [2.75, 3.05) is 11.9 Å². The fourth-order valence-electron chi connectivity index (χ4n) is 3.55. The third kappa shape index (κ3) is 4.35. The molecule has 0 aliphatic rings. The van der Waals surface area contributed by atoms with Crippen molar-refractivity contribution in [1.29, 1.82) is 0 Å². The molecule has 0 fully saturated rings. The number of rotatable bonds is 9. The van der Waals surface area contributed by atoms with E-state index in [2.05, 4.69) is 100 Å². The molecule has 0 bridgehead atoms. The summed E-state index contributed by atoms with van der Waals surface area (Å²) < 4.78 is 4.55. The van der Waals surface area contributed by atoms with Gasteiger partial charge in [-0.2, -0.15) is 0 Å². The summed E-state index contributed by atoms with van der Waals surface area (Å²) in [6.45, 7) is 0. The molecule has 3 nitrogen and oxygen atoms in total. The van der Waals surface area contributed by atoms with E-state index in [0.717, 1.165) is 30.4 Å². The van der Waals surface area contributed by atoms with E-state index in [0.29, 0.717) is 0 Å². The Morgan fingerprint density at radius 1 is 0.692 bits per heavy atom. The van der Waals surface area contributed by atoms with Crippen molar-refractivity contribution >= 4 is 35.2 Å². The predicted octanol–water partition coefficient (Wildman–Crippen LogP) is 4.17. The molecule has 3 aromatic rings. The van der Waals surface area contributed by atoms with Gasteiger partial charge in [0.05, 0.1) is 0 Å². The Morgan fingerprint density at radius 3 is 1.50 bits per heavy atom. The topological polar surface area (TPSA) is 38.7 Å². The normalized spacial score (nSPS) is 12.0. The van der Waals surface area contributed by atoms with Gasteiger partial charge in [-0.25, -0.2) is 0 Å². The number of hydrogen-bond donors (Lipinski definition) is 1. The van der Waals surface area contributed by atoms with Gasteiger partial charge in [-0.05, 0) is 0 Å². The van der Waals surface area contributed by atoms with Gasteiger partial charge in [0.15, 0.2) is 0 Å². The molecule has 0 aliphatic carbocycles. The van der Waals surface area contributed by atoms with Crippen LogP contribution in [0.5, 0.6) is 0 Å². The maximum atomic E-state index is 8.33. The van der Waals surface area contributed by atoms with Crippen molar-refractivity contribution in [3.05, 3.63) is 91.0 Å². The second kappa shape index (κ2) is 9.86. The molecule has 3 rings (SSSR count). The van der Waals surface area contributed by atoms with E-state index in [1.807, 2.05) is 0 Å². The molecule has 0 unspecified atom stereocenters. The Labute approximate surface area is 159 Å². The fraction of sp³-hybridized carbons (Fsp3) is 0.143. The molecule has 0 atom stereocenters. The molecular formula is C21H23O3PS. The van der Waals surface area contributed by atoms with Crippen LogP contribution < -0.4 is 15.9 Å². The van der Waals surface area contributed by atoms with Gasteiger partial charge < -0.3 is 0 Å². The van der Waals surface area contributed by atoms with E-state index >= 15 is 0 Å². The van der Waals surface area contributed by atoms with Crippen LogP contribution in [-0.4, -0.2) is 17.2 Å². The summed E-state index contributed by atoms with van der Waals surface area (Å²) in [6.07, 6.45) is 2.01. The molecule has 0 aromatic heterocycles. The van der Waals surface area contributed by atoms with Crippen molar-refractivity contribution in [3.8, 4) is 0 Å². The van der Waals surface area contributed by atoms with Crippen LogP contribution in [0.1, 0.15) is 6.42 Å². The molecule has 0 amide bonds. The summed E-state index contributed by atoms with van der Waals surface area (Å²) in [5.74, 6) is 0.752. The molecule has 3 aromatic carbocycles. The Morgan fingerprint density at radius 2 is 1.12 bits per heavy atom. The standard InChI is InChI=1S/C21H23O3PS/c22-23-24-26-18-10-17-25(19-11-4-1-5-12-19,20-13-6-2-7-14-20)21-15-8-3-9-16-21/h1-9,11-16,22,25H,10,17-18H2. The van der Waals surface area contributed by atoms with Crippen LogP contribution in [0.25, 0.3) is 0 Å². The Hall–Kier alpha value is -1.68. The molecule has 26 heavy (non-hydrogen) atoms. The van der Waals surface area contributed by atoms with Crippen molar-refractivity contribution in [1.82, 2.24) is 0 Å². The quantitative estimate of drug-likeness (QED) is 0.197. The number of hydrogen-bond acceptors (Lipinski definition) is 4. The van der Waals surface area contributed by atoms with Gasteiger partial charge in [0.25, 0.3) is 0 Å². The minimum atomic E-state index is -2.16. The Balaban J connectivity index is 2.06. The first-order valence-corrected chi connectivity index (χ1v) is 11.8. The average Bonchev–Trinajstić information content (AvgIpc) is 2.73. The zero-order valence-electron chi connectivity index (χ0n) is 14.5. The van der Waals surface area contributed by atoms with E-state index in [4.69, 9.17) is 5.26 Å². The molecule has 1 N–H and O–H groups in total. The summed E-state index contributed by atoms with van der Waals surface area (Å²) in [5.41, 5.74) is 0. The van der Waals surface area contributed by atoms with Crippen LogP contribution >= 0.6 is 19.3 Å². The third-order valence-electron chi connectivity index (χ3n) is 4.66. The zero-order chi connectivity index (χ0) is 18.1. The molecule has 0 aliphatic heterocycles. The van der Waals surface area contributed by atoms with Crippen LogP contribution in [0.15, 0.2) is 91.0 Å². The van der Waals surface area contributed by atoms with Gasteiger partial charge in [0, 0.05) is 0 Å². The summed E-state index contributed by atoms with van der Waals surface area (Å²) in [7, 11) is -2.16. The van der Waals surface area contributed by atoms with Gasteiger partial charge in [0.2, 0.25) is 0 Å². The van der Waals surface area contributed by atoms with Gasteiger partial charge in [-0.1, -0.05) is 0 Å². The first kappa shape index (κ1) is 19.1. The van der Waals surface area contributed by atoms with Crippen molar-refractivity contribution in [2.24, 2.45) is 0 Å². The Bertz CT molecular complexity index is 672. The van der Waals surface area contributed by atoms with E-state index < -0.39 is 7.26 Å². The maximum absolute atomic E-state index is 8.33. The predicted molar refractivity (Wildman–Crippen MR) is 113 cm³/mol. The number of benzene rings is 3.